The molecule has 26 heavy (non-hydrogen) atoms. The summed E-state index contributed by atoms with van der Waals surface area (Å²) in [6.07, 6.45) is 9.40. The maximum atomic E-state index is 7.27. The minimum atomic E-state index is 0.553. The Hall–Kier alpha value is -2.89. The van der Waals surface area contributed by atoms with Crippen molar-refractivity contribution in [3.05, 3.63) is 42.2 Å². The second-order valence-electron chi connectivity index (χ2n) is 6.70. The molecule has 0 amide bonds. The molecule has 1 aromatic carbocycles. The Balaban J connectivity index is 1.45. The van der Waals surface area contributed by atoms with Gasteiger partial charge >= 0.3 is 0 Å². The summed E-state index contributed by atoms with van der Waals surface area (Å²) in [6, 6.07) is 9.62. The van der Waals surface area contributed by atoms with Gasteiger partial charge in [0.25, 0.3) is 6.01 Å². The van der Waals surface area contributed by atoms with Gasteiger partial charge < -0.3 is 19.9 Å². The van der Waals surface area contributed by atoms with Crippen LogP contribution in [0.3, 0.4) is 0 Å². The smallest absolute Gasteiger partial charge is 0.295 e. The van der Waals surface area contributed by atoms with E-state index in [1.54, 1.807) is 18.3 Å². The van der Waals surface area contributed by atoms with E-state index in [1.165, 1.54) is 38.3 Å². The van der Waals surface area contributed by atoms with Crippen LogP contribution in [-0.4, -0.2) is 22.7 Å². The van der Waals surface area contributed by atoms with Gasteiger partial charge in [-0.1, -0.05) is 19.3 Å². The average Bonchev–Trinajstić information content (AvgIpc) is 3.09. The number of rotatable bonds is 6. The number of fused-ring (bicyclic) bond motifs is 1. The second-order valence-corrected chi connectivity index (χ2v) is 6.70. The molecule has 0 bridgehead atoms. The van der Waals surface area contributed by atoms with Gasteiger partial charge in [0.1, 0.15) is 17.0 Å². The van der Waals surface area contributed by atoms with Gasteiger partial charge in [0.2, 0.25) is 0 Å². The molecule has 2 N–H and O–H groups in total. The Labute approximate surface area is 152 Å². The van der Waals surface area contributed by atoms with Crippen LogP contribution in [-0.2, 0) is 0 Å². The molecule has 0 unspecified atom stereocenters. The Kier molecular flexibility index (Phi) is 4.82. The molecular formula is C20H22N4O2. The van der Waals surface area contributed by atoms with Crippen molar-refractivity contribution in [2.75, 3.05) is 11.9 Å². The Morgan fingerprint density at radius 3 is 2.85 bits per heavy atom. The highest BCUT2D eigenvalue weighted by atomic mass is 16.5. The number of aromatic nitrogens is 2. The fraction of sp³-hybridized carbons (Fsp3) is 0.350. The number of ether oxygens (including phenoxy) is 1. The Bertz CT molecular complexity index is 900. The fourth-order valence-electron chi connectivity index (χ4n) is 3.37. The molecule has 1 fully saturated rings. The lowest BCUT2D eigenvalue weighted by Gasteiger charge is -2.21. The Morgan fingerprint density at radius 2 is 2.00 bits per heavy atom. The standard InChI is InChI=1S/C20H22N4O2/c21-12-15-10-17(8-9-22-15)25-16-6-7-18-19(11-16)26-20(24-18)23-13-14-4-2-1-3-5-14/h6-12,14,21H,1-5,13H2,(H,23,24). The van der Waals surface area contributed by atoms with Crippen molar-refractivity contribution in [2.24, 2.45) is 5.92 Å². The maximum Gasteiger partial charge on any atom is 0.295 e. The molecule has 3 aromatic rings. The van der Waals surface area contributed by atoms with Crippen LogP contribution in [0.5, 0.6) is 11.5 Å². The topological polar surface area (TPSA) is 84.0 Å². The number of nitrogens with one attached hydrogen (secondary N) is 2. The summed E-state index contributed by atoms with van der Waals surface area (Å²) in [6.45, 7) is 0.916. The summed E-state index contributed by atoms with van der Waals surface area (Å²) in [5, 5.41) is 10.6. The van der Waals surface area contributed by atoms with Crippen LogP contribution in [0.1, 0.15) is 37.8 Å². The molecule has 1 aliphatic carbocycles. The van der Waals surface area contributed by atoms with E-state index in [-0.39, 0.29) is 0 Å². The molecule has 6 heteroatoms. The minimum Gasteiger partial charge on any atom is -0.457 e. The van der Waals surface area contributed by atoms with Gasteiger partial charge in [-0.2, -0.15) is 4.98 Å². The molecule has 1 saturated carbocycles. The summed E-state index contributed by atoms with van der Waals surface area (Å²) >= 11 is 0. The number of anilines is 1. The average molecular weight is 350 g/mol. The quantitative estimate of drug-likeness (QED) is 0.611. The van der Waals surface area contributed by atoms with Crippen LogP contribution in [0.2, 0.25) is 0 Å². The molecule has 4 rings (SSSR count). The van der Waals surface area contributed by atoms with Gasteiger partial charge in [-0.05, 0) is 37.0 Å². The summed E-state index contributed by atoms with van der Waals surface area (Å²) in [5.41, 5.74) is 2.05. The lowest BCUT2D eigenvalue weighted by Crippen LogP contribution is -2.17. The third-order valence-corrected chi connectivity index (χ3v) is 4.76. The first kappa shape index (κ1) is 16.6. The molecule has 0 radical (unpaired) electrons. The second kappa shape index (κ2) is 7.56. The van der Waals surface area contributed by atoms with E-state index in [4.69, 9.17) is 14.6 Å². The highest BCUT2D eigenvalue weighted by Crippen LogP contribution is 2.28. The number of pyridine rings is 1. The zero-order chi connectivity index (χ0) is 17.8. The van der Waals surface area contributed by atoms with E-state index in [2.05, 4.69) is 15.3 Å². The largest absolute Gasteiger partial charge is 0.457 e. The number of nitrogens with zero attached hydrogens (tertiary/aromatic N) is 2. The molecule has 6 nitrogen and oxygen atoms in total. The van der Waals surface area contributed by atoms with Crippen molar-refractivity contribution in [3.63, 3.8) is 0 Å². The van der Waals surface area contributed by atoms with Crippen molar-refractivity contribution < 1.29 is 9.15 Å². The first-order chi connectivity index (χ1) is 12.8. The Morgan fingerprint density at radius 1 is 1.15 bits per heavy atom. The third-order valence-electron chi connectivity index (χ3n) is 4.76. The van der Waals surface area contributed by atoms with E-state index < -0.39 is 0 Å². The SMILES string of the molecule is N=Cc1cc(Oc2ccc3nc(NCC4CCCCC4)oc3c2)ccn1. The molecule has 0 saturated heterocycles. The van der Waals surface area contributed by atoms with Crippen LogP contribution in [0.4, 0.5) is 6.01 Å². The minimum absolute atomic E-state index is 0.553. The lowest BCUT2D eigenvalue weighted by molar-refractivity contribution is 0.371. The third kappa shape index (κ3) is 3.85. The van der Waals surface area contributed by atoms with E-state index in [0.29, 0.717) is 34.7 Å². The summed E-state index contributed by atoms with van der Waals surface area (Å²) in [7, 11) is 0. The van der Waals surface area contributed by atoms with Crippen molar-refractivity contribution in [1.82, 2.24) is 9.97 Å². The molecule has 0 spiro atoms. The summed E-state index contributed by atoms with van der Waals surface area (Å²) < 4.78 is 11.7. The normalized spacial score (nSPS) is 15.1. The molecular weight excluding hydrogens is 328 g/mol. The number of hydrogen-bond acceptors (Lipinski definition) is 6. The predicted molar refractivity (Wildman–Crippen MR) is 101 cm³/mol. The monoisotopic (exact) mass is 350 g/mol. The van der Waals surface area contributed by atoms with Crippen LogP contribution in [0.25, 0.3) is 11.1 Å². The van der Waals surface area contributed by atoms with Crippen LogP contribution < -0.4 is 10.1 Å². The van der Waals surface area contributed by atoms with Crippen molar-refractivity contribution in [2.45, 2.75) is 32.1 Å². The highest BCUT2D eigenvalue weighted by Gasteiger charge is 2.14. The highest BCUT2D eigenvalue weighted by molar-refractivity contribution is 5.76. The van der Waals surface area contributed by atoms with Gasteiger partial charge in [0.15, 0.2) is 5.58 Å². The van der Waals surface area contributed by atoms with Gasteiger partial charge in [0, 0.05) is 31.1 Å². The van der Waals surface area contributed by atoms with E-state index >= 15 is 0 Å². The molecule has 2 heterocycles. The zero-order valence-electron chi connectivity index (χ0n) is 14.6. The fourth-order valence-corrected chi connectivity index (χ4v) is 3.37. The van der Waals surface area contributed by atoms with Crippen LogP contribution in [0.15, 0.2) is 40.9 Å². The molecule has 0 aliphatic heterocycles. The van der Waals surface area contributed by atoms with Crippen LogP contribution >= 0.6 is 0 Å². The number of oxazole rings is 1. The van der Waals surface area contributed by atoms with Gasteiger partial charge in [0.05, 0.1) is 5.69 Å². The first-order valence-electron chi connectivity index (χ1n) is 9.09. The van der Waals surface area contributed by atoms with Crippen molar-refractivity contribution in [3.8, 4) is 11.5 Å². The summed E-state index contributed by atoms with van der Waals surface area (Å²) in [5.74, 6) is 2.01. The maximum absolute atomic E-state index is 7.27. The molecule has 0 atom stereocenters. The van der Waals surface area contributed by atoms with Gasteiger partial charge in [-0.25, -0.2) is 0 Å². The van der Waals surface area contributed by atoms with E-state index in [1.807, 2.05) is 18.2 Å². The number of hydrogen-bond donors (Lipinski definition) is 2. The zero-order valence-corrected chi connectivity index (χ0v) is 14.6. The molecule has 1 aliphatic rings. The van der Waals surface area contributed by atoms with E-state index in [9.17, 15) is 0 Å². The van der Waals surface area contributed by atoms with E-state index in [0.717, 1.165) is 12.1 Å². The van der Waals surface area contributed by atoms with Gasteiger partial charge in [-0.15, -0.1) is 0 Å². The van der Waals surface area contributed by atoms with Gasteiger partial charge in [-0.3, -0.25) is 4.98 Å². The van der Waals surface area contributed by atoms with Crippen molar-refractivity contribution in [1.29, 1.82) is 5.41 Å². The molecule has 2 aromatic heterocycles. The predicted octanol–water partition coefficient (Wildman–Crippen LogP) is 5.00. The molecule has 134 valence electrons. The van der Waals surface area contributed by atoms with Crippen LogP contribution in [0, 0.1) is 11.3 Å². The summed E-state index contributed by atoms with van der Waals surface area (Å²) in [4.78, 5) is 8.55. The lowest BCUT2D eigenvalue weighted by atomic mass is 9.89. The van der Waals surface area contributed by atoms with Crippen molar-refractivity contribution >= 4 is 23.3 Å². The first-order valence-corrected chi connectivity index (χ1v) is 9.09. The number of benzene rings is 1.